The molecule has 8 nitrogen and oxygen atoms in total. The maximum Gasteiger partial charge on any atom is 0.229 e. The molecule has 31 heavy (non-hydrogen) atoms. The molecule has 0 aliphatic carbocycles. The van der Waals surface area contributed by atoms with Gasteiger partial charge in [-0.2, -0.15) is 0 Å². The number of aryl methyl sites for hydroxylation is 1. The van der Waals surface area contributed by atoms with Gasteiger partial charge in [0.2, 0.25) is 10.0 Å². The van der Waals surface area contributed by atoms with Gasteiger partial charge >= 0.3 is 0 Å². The van der Waals surface area contributed by atoms with Crippen LogP contribution in [0.15, 0.2) is 59.1 Å². The van der Waals surface area contributed by atoms with Crippen molar-refractivity contribution in [2.75, 3.05) is 23.0 Å². The van der Waals surface area contributed by atoms with E-state index in [0.717, 1.165) is 17.7 Å². The summed E-state index contributed by atoms with van der Waals surface area (Å²) in [5.41, 5.74) is 1.82. The normalized spacial score (nSPS) is 18.7. The van der Waals surface area contributed by atoms with Crippen molar-refractivity contribution in [2.24, 2.45) is 0 Å². The van der Waals surface area contributed by atoms with Crippen LogP contribution < -0.4 is 19.7 Å². The third-order valence-corrected chi connectivity index (χ3v) is 5.81. The molecule has 3 heterocycles. The number of sulfonamides is 1. The van der Waals surface area contributed by atoms with E-state index in [1.165, 1.54) is 7.11 Å². The second kappa shape index (κ2) is 8.20. The molecule has 1 aromatic carbocycles. The van der Waals surface area contributed by atoms with Gasteiger partial charge in [0.1, 0.15) is 23.3 Å². The number of thiocarbonyl (C=S) groups is 1. The molecule has 4 rings (SSSR count). The molecule has 3 aromatic rings. The molecule has 1 saturated heterocycles. The van der Waals surface area contributed by atoms with Gasteiger partial charge in [-0.25, -0.2) is 8.42 Å². The molecule has 0 saturated carbocycles. The third-order valence-electron chi connectivity index (χ3n) is 4.91. The average molecular weight is 459 g/mol. The zero-order valence-corrected chi connectivity index (χ0v) is 18.8. The van der Waals surface area contributed by atoms with E-state index in [1.807, 2.05) is 48.2 Å². The number of rotatable bonds is 6. The first-order chi connectivity index (χ1) is 14.8. The van der Waals surface area contributed by atoms with Crippen LogP contribution in [0.4, 0.5) is 11.4 Å². The van der Waals surface area contributed by atoms with Gasteiger partial charge in [0.05, 0.1) is 30.8 Å². The Kier molecular flexibility index (Phi) is 5.59. The summed E-state index contributed by atoms with van der Waals surface area (Å²) in [4.78, 5) is 6.40. The summed E-state index contributed by atoms with van der Waals surface area (Å²) in [6.45, 7) is 1.88. The van der Waals surface area contributed by atoms with Crippen LogP contribution in [0, 0.1) is 6.92 Å². The Morgan fingerprint density at radius 1 is 1.23 bits per heavy atom. The standard InChI is InChI=1S/C21H22N4O4S2/c1-13-7-9-18(29-13)20-19(15-6-4-5-11-22-15)23-21(30)25(20)14-8-10-17(28-2)16(12-14)24-31(3,26)27/h4-12,19-20,24H,1-3H3,(H,23,30)/t19-,20-/m0/s1. The number of methoxy groups -OCH3 is 1. The summed E-state index contributed by atoms with van der Waals surface area (Å²) in [6.07, 6.45) is 2.82. The quantitative estimate of drug-likeness (QED) is 0.542. The monoisotopic (exact) mass is 458 g/mol. The Morgan fingerprint density at radius 3 is 2.65 bits per heavy atom. The summed E-state index contributed by atoms with van der Waals surface area (Å²) in [5.74, 6) is 1.90. The minimum Gasteiger partial charge on any atom is -0.495 e. The smallest absolute Gasteiger partial charge is 0.229 e. The number of benzene rings is 1. The van der Waals surface area contributed by atoms with Crippen molar-refractivity contribution in [2.45, 2.75) is 19.0 Å². The van der Waals surface area contributed by atoms with E-state index < -0.39 is 10.0 Å². The van der Waals surface area contributed by atoms with Gasteiger partial charge in [0.15, 0.2) is 5.11 Å². The molecule has 0 bridgehead atoms. The second-order valence-electron chi connectivity index (χ2n) is 7.20. The fourth-order valence-electron chi connectivity index (χ4n) is 3.66. The van der Waals surface area contributed by atoms with Crippen LogP contribution in [0.3, 0.4) is 0 Å². The van der Waals surface area contributed by atoms with Gasteiger partial charge in [0.25, 0.3) is 0 Å². The lowest BCUT2D eigenvalue weighted by Gasteiger charge is -2.27. The van der Waals surface area contributed by atoms with Crippen LogP contribution in [-0.4, -0.2) is 31.9 Å². The molecule has 162 valence electrons. The van der Waals surface area contributed by atoms with Gasteiger partial charge in [-0.3, -0.25) is 9.71 Å². The number of aromatic nitrogens is 1. The molecular formula is C21H22N4O4S2. The number of hydrogen-bond donors (Lipinski definition) is 2. The molecule has 1 fully saturated rings. The number of pyridine rings is 1. The Balaban J connectivity index is 1.82. The van der Waals surface area contributed by atoms with E-state index in [0.29, 0.717) is 28.0 Å². The van der Waals surface area contributed by atoms with Crippen molar-refractivity contribution in [3.63, 3.8) is 0 Å². The van der Waals surface area contributed by atoms with Crippen molar-refractivity contribution in [1.29, 1.82) is 0 Å². The lowest BCUT2D eigenvalue weighted by Crippen LogP contribution is -2.29. The number of furan rings is 1. The zero-order chi connectivity index (χ0) is 22.2. The van der Waals surface area contributed by atoms with Crippen LogP contribution in [0.1, 0.15) is 29.3 Å². The molecule has 0 spiro atoms. The zero-order valence-electron chi connectivity index (χ0n) is 17.2. The average Bonchev–Trinajstić information content (AvgIpc) is 3.30. The van der Waals surface area contributed by atoms with E-state index >= 15 is 0 Å². The van der Waals surface area contributed by atoms with Crippen LogP contribution in [0.25, 0.3) is 0 Å². The molecule has 2 N–H and O–H groups in total. The summed E-state index contributed by atoms with van der Waals surface area (Å²) in [5, 5.41) is 3.81. The Morgan fingerprint density at radius 2 is 2.03 bits per heavy atom. The molecule has 1 aliphatic rings. The highest BCUT2D eigenvalue weighted by molar-refractivity contribution is 7.92. The van der Waals surface area contributed by atoms with Gasteiger partial charge in [-0.1, -0.05) is 6.07 Å². The number of anilines is 2. The topological polar surface area (TPSA) is 96.7 Å². The van der Waals surface area contributed by atoms with E-state index in [4.69, 9.17) is 21.4 Å². The fraction of sp³-hybridized carbons (Fsp3) is 0.238. The highest BCUT2D eigenvalue weighted by atomic mass is 32.2. The van der Waals surface area contributed by atoms with E-state index in [2.05, 4.69) is 15.0 Å². The lowest BCUT2D eigenvalue weighted by molar-refractivity contribution is 0.415. The van der Waals surface area contributed by atoms with Gasteiger partial charge < -0.3 is 19.4 Å². The fourth-order valence-corrected chi connectivity index (χ4v) is 4.56. The minimum atomic E-state index is -3.51. The molecule has 0 unspecified atom stereocenters. The van der Waals surface area contributed by atoms with Crippen molar-refractivity contribution >= 4 is 38.7 Å². The van der Waals surface area contributed by atoms with Crippen LogP contribution >= 0.6 is 12.2 Å². The van der Waals surface area contributed by atoms with Crippen LogP contribution in [0.2, 0.25) is 0 Å². The molecule has 1 aliphatic heterocycles. The molecule has 0 radical (unpaired) electrons. The van der Waals surface area contributed by atoms with Gasteiger partial charge in [-0.15, -0.1) is 0 Å². The molecule has 2 atom stereocenters. The minimum absolute atomic E-state index is 0.257. The van der Waals surface area contributed by atoms with E-state index in [9.17, 15) is 8.42 Å². The highest BCUT2D eigenvalue weighted by Gasteiger charge is 2.42. The number of nitrogens with one attached hydrogen (secondary N) is 2. The molecule has 10 heteroatoms. The Labute approximate surface area is 186 Å². The predicted molar refractivity (Wildman–Crippen MR) is 123 cm³/mol. The summed E-state index contributed by atoms with van der Waals surface area (Å²) in [7, 11) is -2.02. The van der Waals surface area contributed by atoms with Gasteiger partial charge in [-0.05, 0) is 61.6 Å². The van der Waals surface area contributed by atoms with Crippen molar-refractivity contribution in [3.05, 3.63) is 71.9 Å². The second-order valence-corrected chi connectivity index (χ2v) is 9.34. The van der Waals surface area contributed by atoms with E-state index in [-0.39, 0.29) is 12.1 Å². The molecule has 2 aromatic heterocycles. The summed E-state index contributed by atoms with van der Waals surface area (Å²) < 4.78 is 37.5. The lowest BCUT2D eigenvalue weighted by atomic mass is 10.0. The van der Waals surface area contributed by atoms with Crippen molar-refractivity contribution in [3.8, 4) is 5.75 Å². The van der Waals surface area contributed by atoms with Crippen molar-refractivity contribution in [1.82, 2.24) is 10.3 Å². The first-order valence-electron chi connectivity index (χ1n) is 9.49. The number of ether oxygens (including phenoxy) is 1. The van der Waals surface area contributed by atoms with Crippen LogP contribution in [0.5, 0.6) is 5.75 Å². The molecule has 0 amide bonds. The largest absolute Gasteiger partial charge is 0.495 e. The molecular weight excluding hydrogens is 436 g/mol. The maximum atomic E-state index is 11.8. The highest BCUT2D eigenvalue weighted by Crippen LogP contribution is 2.43. The first-order valence-corrected chi connectivity index (χ1v) is 11.8. The van der Waals surface area contributed by atoms with Gasteiger partial charge in [0, 0.05) is 11.9 Å². The van der Waals surface area contributed by atoms with Crippen molar-refractivity contribution < 1.29 is 17.6 Å². The predicted octanol–water partition coefficient (Wildman–Crippen LogP) is 3.54. The maximum absolute atomic E-state index is 11.8. The Hall–Kier alpha value is -3.11. The third kappa shape index (κ3) is 4.35. The SMILES string of the molecule is COc1ccc(N2C(=S)N[C@@H](c3ccccn3)[C@@H]2c2ccc(C)o2)cc1NS(C)(=O)=O. The number of hydrogen-bond acceptors (Lipinski definition) is 6. The van der Waals surface area contributed by atoms with E-state index in [1.54, 1.807) is 18.3 Å². The summed E-state index contributed by atoms with van der Waals surface area (Å²) in [6, 6.07) is 14.1. The van der Waals surface area contributed by atoms with Crippen LogP contribution in [-0.2, 0) is 10.0 Å². The first kappa shape index (κ1) is 21.1. The Bertz CT molecular complexity index is 1210. The number of nitrogens with zero attached hydrogens (tertiary/aromatic N) is 2. The summed E-state index contributed by atoms with van der Waals surface area (Å²) >= 11 is 5.67.